The van der Waals surface area contributed by atoms with Crippen LogP contribution >= 0.6 is 0 Å². The zero-order chi connectivity index (χ0) is 45.9. The molecule has 1 aromatic heterocycles. The molecule has 0 aliphatic heterocycles. The Hall–Kier alpha value is -9.19. The predicted octanol–water partition coefficient (Wildman–Crippen LogP) is 15.1. The van der Waals surface area contributed by atoms with Crippen LogP contribution in [0.15, 0.2) is 260 Å². The van der Waals surface area contributed by atoms with E-state index in [0.29, 0.717) is 17.3 Å². The highest BCUT2D eigenvalue weighted by Crippen LogP contribution is 2.63. The first-order chi connectivity index (χ1) is 34.1. The number of benzene rings is 10. The fraction of sp³-hybridized carbons (Fsp3) is 0.0156. The smallest absolute Gasteiger partial charge is 0.310 e. The quantitative estimate of drug-likeness (QED) is 0.153. The maximum Gasteiger partial charge on any atom is 0.355 e. The van der Waals surface area contributed by atoms with Crippen LogP contribution in [0.2, 0.25) is 0 Å². The number of nitrogens with zero attached hydrogens (tertiary/aromatic N) is 4. The third-order valence-electron chi connectivity index (χ3n) is 13.9. The highest BCUT2D eigenvalue weighted by atomic mass is 16.1. The third-order valence-corrected chi connectivity index (χ3v) is 13.9. The van der Waals surface area contributed by atoms with E-state index in [0.717, 1.165) is 44.9 Å². The Morgan fingerprint density at radius 1 is 0.333 bits per heavy atom. The average molecular weight is 883 g/mol. The van der Waals surface area contributed by atoms with Gasteiger partial charge < -0.3 is 4.90 Å². The molecule has 69 heavy (non-hydrogen) atoms. The van der Waals surface area contributed by atoms with Crippen LogP contribution < -0.4 is 10.6 Å². The van der Waals surface area contributed by atoms with E-state index in [1.54, 1.807) is 4.57 Å². The van der Waals surface area contributed by atoms with E-state index in [1.807, 2.05) is 72.8 Å². The molecule has 13 rings (SSSR count). The van der Waals surface area contributed by atoms with Gasteiger partial charge in [-0.05, 0) is 115 Å². The van der Waals surface area contributed by atoms with Crippen LogP contribution in [-0.4, -0.2) is 14.5 Å². The van der Waals surface area contributed by atoms with Gasteiger partial charge in [0.25, 0.3) is 0 Å². The third kappa shape index (κ3) is 6.51. The van der Waals surface area contributed by atoms with Crippen LogP contribution in [0.4, 0.5) is 17.1 Å². The Morgan fingerprint density at radius 2 is 0.783 bits per heavy atom. The zero-order valence-electron chi connectivity index (χ0n) is 37.4. The van der Waals surface area contributed by atoms with Gasteiger partial charge in [0.1, 0.15) is 0 Å². The molecule has 0 fully saturated rings. The van der Waals surface area contributed by atoms with Crippen LogP contribution in [0, 0.1) is 0 Å². The van der Waals surface area contributed by atoms with E-state index in [2.05, 4.69) is 192 Å². The van der Waals surface area contributed by atoms with E-state index in [4.69, 9.17) is 4.98 Å². The largest absolute Gasteiger partial charge is 0.355 e. The van der Waals surface area contributed by atoms with E-state index < -0.39 is 5.41 Å². The molecule has 2 aliphatic rings. The Morgan fingerprint density at radius 3 is 1.39 bits per heavy atom. The molecule has 10 aromatic carbocycles. The first-order valence-corrected chi connectivity index (χ1v) is 23.4. The second kappa shape index (κ2) is 16.3. The molecule has 0 unspecified atom stereocenters. The molecule has 0 saturated carbocycles. The van der Waals surface area contributed by atoms with Gasteiger partial charge in [-0.25, -0.2) is 14.3 Å². The summed E-state index contributed by atoms with van der Waals surface area (Å²) >= 11 is 0. The average Bonchev–Trinajstić information content (AvgIpc) is 3.89. The lowest BCUT2D eigenvalue weighted by molar-refractivity contribution is 0.794. The maximum absolute atomic E-state index is 13.9. The summed E-state index contributed by atoms with van der Waals surface area (Å²) < 4.78 is 1.59. The lowest BCUT2D eigenvalue weighted by Crippen LogP contribution is -2.25. The normalized spacial score (nSPS) is 12.5. The Bertz CT molecular complexity index is 3740. The van der Waals surface area contributed by atoms with Crippen LogP contribution in [0.5, 0.6) is 0 Å². The monoisotopic (exact) mass is 882 g/mol. The van der Waals surface area contributed by atoms with Crippen LogP contribution in [0.1, 0.15) is 22.3 Å². The first kappa shape index (κ1) is 40.1. The molecule has 2 aliphatic carbocycles. The standard InChI is InChI=1S/C64H42N4O/c69-63-66-61(46-19-6-2-7-20-46)65-62(47-21-8-3-9-22-47)68(63)50-37-33-45(34-38-50)44-31-35-49(36-32-44)67(51-24-16-23-48(41-51)43-17-4-1-5-18-43)52-39-40-60-56(42-52)55-27-12-15-30-59(55)64(60)57-28-13-10-25-53(57)54-26-11-14-29-58(54)64/h1-42H. The molecule has 0 N–H and O–H groups in total. The molecule has 11 aromatic rings. The summed E-state index contributed by atoms with van der Waals surface area (Å²) in [5.41, 5.74) is 19.4. The molecule has 1 spiro atoms. The maximum atomic E-state index is 13.9. The molecular formula is C64H42N4O. The number of rotatable bonds is 8. The summed E-state index contributed by atoms with van der Waals surface area (Å²) in [5, 5.41) is 0. The van der Waals surface area contributed by atoms with Crippen molar-refractivity contribution in [2.45, 2.75) is 5.41 Å². The van der Waals surface area contributed by atoms with Gasteiger partial charge in [0.15, 0.2) is 11.6 Å². The van der Waals surface area contributed by atoms with Crippen molar-refractivity contribution < 1.29 is 0 Å². The van der Waals surface area contributed by atoms with Crippen molar-refractivity contribution in [1.29, 1.82) is 0 Å². The van der Waals surface area contributed by atoms with Gasteiger partial charge in [-0.2, -0.15) is 4.98 Å². The highest BCUT2D eigenvalue weighted by Gasteiger charge is 2.51. The Kier molecular flexibility index (Phi) is 9.48. The molecule has 0 amide bonds. The summed E-state index contributed by atoms with van der Waals surface area (Å²) in [5.74, 6) is 0.929. The van der Waals surface area contributed by atoms with Crippen molar-refractivity contribution in [3.05, 3.63) is 288 Å². The minimum atomic E-state index is -0.414. The van der Waals surface area contributed by atoms with Gasteiger partial charge in [0.05, 0.1) is 11.1 Å². The molecule has 0 saturated heterocycles. The van der Waals surface area contributed by atoms with Gasteiger partial charge in [-0.3, -0.25) is 0 Å². The SMILES string of the molecule is O=c1nc(-c2ccccc2)nc(-c2ccccc2)n1-c1ccc(-c2ccc(N(c3cccc(-c4ccccc4)c3)c3ccc4c(c3)-c3ccccc3C43c4ccccc4-c4ccccc43)cc2)cc1. The molecule has 0 radical (unpaired) electrons. The van der Waals surface area contributed by atoms with Crippen molar-refractivity contribution in [2.24, 2.45) is 0 Å². The van der Waals surface area contributed by atoms with E-state index >= 15 is 0 Å². The molecule has 324 valence electrons. The van der Waals surface area contributed by atoms with Crippen molar-refractivity contribution in [3.63, 3.8) is 0 Å². The van der Waals surface area contributed by atoms with Crippen molar-refractivity contribution in [3.8, 4) is 73.0 Å². The Labute approximate surface area is 400 Å². The van der Waals surface area contributed by atoms with E-state index in [9.17, 15) is 4.79 Å². The summed E-state index contributed by atoms with van der Waals surface area (Å²) in [6.45, 7) is 0. The molecule has 0 bridgehead atoms. The molecule has 5 nitrogen and oxygen atoms in total. The highest BCUT2D eigenvalue weighted by molar-refractivity contribution is 5.96. The molecular weight excluding hydrogens is 841 g/mol. The number of hydrogen-bond acceptors (Lipinski definition) is 4. The number of fused-ring (bicyclic) bond motifs is 10. The molecule has 1 heterocycles. The number of aromatic nitrogens is 3. The fourth-order valence-corrected chi connectivity index (χ4v) is 10.9. The van der Waals surface area contributed by atoms with Gasteiger partial charge >= 0.3 is 5.69 Å². The fourth-order valence-electron chi connectivity index (χ4n) is 10.9. The second-order valence-electron chi connectivity index (χ2n) is 17.7. The van der Waals surface area contributed by atoms with E-state index in [-0.39, 0.29) is 5.69 Å². The van der Waals surface area contributed by atoms with Gasteiger partial charge in [-0.1, -0.05) is 206 Å². The van der Waals surface area contributed by atoms with Crippen molar-refractivity contribution >= 4 is 17.1 Å². The summed E-state index contributed by atoms with van der Waals surface area (Å²) in [6.07, 6.45) is 0. The summed E-state index contributed by atoms with van der Waals surface area (Å²) in [7, 11) is 0. The van der Waals surface area contributed by atoms with Crippen molar-refractivity contribution in [1.82, 2.24) is 14.5 Å². The summed E-state index contributed by atoms with van der Waals surface area (Å²) in [4.78, 5) is 25.7. The van der Waals surface area contributed by atoms with Crippen LogP contribution in [0.3, 0.4) is 0 Å². The minimum Gasteiger partial charge on any atom is -0.310 e. The predicted molar refractivity (Wildman–Crippen MR) is 280 cm³/mol. The van der Waals surface area contributed by atoms with Crippen LogP contribution in [0.25, 0.3) is 73.0 Å². The first-order valence-electron chi connectivity index (χ1n) is 23.4. The topological polar surface area (TPSA) is 51.0 Å². The minimum absolute atomic E-state index is 0.390. The van der Waals surface area contributed by atoms with Crippen molar-refractivity contribution in [2.75, 3.05) is 4.90 Å². The number of anilines is 3. The van der Waals surface area contributed by atoms with Crippen LogP contribution in [-0.2, 0) is 5.41 Å². The Balaban J connectivity index is 0.908. The number of hydrogen-bond donors (Lipinski definition) is 0. The summed E-state index contributed by atoms with van der Waals surface area (Å²) in [6, 6.07) is 89.6. The van der Waals surface area contributed by atoms with Gasteiger partial charge in [0.2, 0.25) is 0 Å². The lowest BCUT2D eigenvalue weighted by atomic mass is 9.70. The second-order valence-corrected chi connectivity index (χ2v) is 17.7. The lowest BCUT2D eigenvalue weighted by Gasteiger charge is -2.31. The molecule has 5 heteroatoms. The van der Waals surface area contributed by atoms with E-state index in [1.165, 1.54) is 50.1 Å². The zero-order valence-corrected chi connectivity index (χ0v) is 37.4. The molecule has 0 atom stereocenters. The van der Waals surface area contributed by atoms with Gasteiger partial charge in [-0.15, -0.1) is 0 Å². The van der Waals surface area contributed by atoms with Gasteiger partial charge in [0, 0.05) is 28.2 Å².